The summed E-state index contributed by atoms with van der Waals surface area (Å²) in [6.45, 7) is 1.92. The quantitative estimate of drug-likeness (QED) is 0.846. The van der Waals surface area contributed by atoms with E-state index in [2.05, 4.69) is 23.2 Å². The Hall–Kier alpha value is -2.34. The second-order valence-electron chi connectivity index (χ2n) is 5.02. The highest BCUT2D eigenvalue weighted by molar-refractivity contribution is 5.65. The number of pyridine rings is 1. The number of aromatic amines is 1. The zero-order chi connectivity index (χ0) is 13.4. The average molecular weight is 250 g/mol. The minimum atomic E-state index is -0.316. The number of fused-ring (bicyclic) bond motifs is 1. The molecule has 3 heteroatoms. The van der Waals surface area contributed by atoms with Crippen LogP contribution in [0.1, 0.15) is 28.7 Å². The van der Waals surface area contributed by atoms with Crippen molar-refractivity contribution in [2.24, 2.45) is 0 Å². The third-order valence-electron chi connectivity index (χ3n) is 3.75. The Morgan fingerprint density at radius 3 is 2.79 bits per heavy atom. The van der Waals surface area contributed by atoms with E-state index in [0.29, 0.717) is 0 Å². The summed E-state index contributed by atoms with van der Waals surface area (Å²) in [6, 6.07) is 9.92. The normalized spacial score (nSPS) is 13.1. The third kappa shape index (κ3) is 1.96. The van der Waals surface area contributed by atoms with Crippen molar-refractivity contribution in [3.05, 3.63) is 56.9 Å². The molecular weight excluding hydrogens is 236 g/mol. The van der Waals surface area contributed by atoms with E-state index in [9.17, 15) is 4.79 Å². The van der Waals surface area contributed by atoms with E-state index in [4.69, 9.17) is 5.26 Å². The van der Waals surface area contributed by atoms with E-state index in [0.717, 1.165) is 29.7 Å². The molecule has 0 spiro atoms. The Morgan fingerprint density at radius 1 is 1.21 bits per heavy atom. The molecule has 0 saturated carbocycles. The second-order valence-corrected chi connectivity index (χ2v) is 5.02. The largest absolute Gasteiger partial charge is 0.321 e. The predicted molar refractivity (Wildman–Crippen MR) is 74.0 cm³/mol. The topological polar surface area (TPSA) is 56.6 Å². The second kappa shape index (κ2) is 4.40. The van der Waals surface area contributed by atoms with Crippen LogP contribution in [0.3, 0.4) is 0 Å². The van der Waals surface area contributed by atoms with Crippen molar-refractivity contribution >= 4 is 0 Å². The number of H-pyrrole nitrogens is 1. The van der Waals surface area contributed by atoms with Gasteiger partial charge < -0.3 is 4.98 Å². The summed E-state index contributed by atoms with van der Waals surface area (Å²) in [5.41, 5.74) is 5.41. The molecule has 0 atom stereocenters. The Kier molecular flexibility index (Phi) is 2.72. The van der Waals surface area contributed by atoms with Gasteiger partial charge in [-0.25, -0.2) is 0 Å². The molecule has 1 aliphatic carbocycles. The average Bonchev–Trinajstić information content (AvgIpc) is 2.88. The molecule has 1 aliphatic rings. The summed E-state index contributed by atoms with van der Waals surface area (Å²) in [7, 11) is 0. The van der Waals surface area contributed by atoms with E-state index in [-0.39, 0.29) is 11.1 Å². The number of hydrogen-bond acceptors (Lipinski definition) is 2. The van der Waals surface area contributed by atoms with E-state index in [1.165, 1.54) is 17.5 Å². The minimum Gasteiger partial charge on any atom is -0.321 e. The molecule has 0 amide bonds. The number of benzene rings is 1. The van der Waals surface area contributed by atoms with Crippen molar-refractivity contribution in [3.63, 3.8) is 0 Å². The van der Waals surface area contributed by atoms with Crippen LogP contribution >= 0.6 is 0 Å². The zero-order valence-electron chi connectivity index (χ0n) is 10.8. The Bertz CT molecular complexity index is 750. The van der Waals surface area contributed by atoms with Crippen LogP contribution in [0.4, 0.5) is 0 Å². The van der Waals surface area contributed by atoms with Gasteiger partial charge in [0.25, 0.3) is 5.56 Å². The van der Waals surface area contributed by atoms with Crippen LogP contribution in [0.5, 0.6) is 0 Å². The van der Waals surface area contributed by atoms with Gasteiger partial charge in [-0.15, -0.1) is 0 Å². The fourth-order valence-electron chi connectivity index (χ4n) is 2.74. The summed E-state index contributed by atoms with van der Waals surface area (Å²) in [4.78, 5) is 14.6. The smallest absolute Gasteiger partial charge is 0.266 e. The van der Waals surface area contributed by atoms with Gasteiger partial charge in [-0.1, -0.05) is 12.1 Å². The van der Waals surface area contributed by atoms with Gasteiger partial charge in [0.1, 0.15) is 11.6 Å². The standard InChI is InChI=1S/C16H14N2O/c1-10-7-14(9-17)16(19)18-15(10)13-6-5-11-3-2-4-12(11)8-13/h5-8H,2-4H2,1H3,(H,18,19). The molecule has 0 unspecified atom stereocenters. The number of rotatable bonds is 1. The third-order valence-corrected chi connectivity index (χ3v) is 3.75. The van der Waals surface area contributed by atoms with E-state index >= 15 is 0 Å². The zero-order valence-corrected chi connectivity index (χ0v) is 10.8. The monoisotopic (exact) mass is 250 g/mol. The maximum absolute atomic E-state index is 11.8. The first-order valence-electron chi connectivity index (χ1n) is 6.45. The molecule has 0 bridgehead atoms. The molecule has 0 aliphatic heterocycles. The molecule has 0 radical (unpaired) electrons. The van der Waals surface area contributed by atoms with Crippen molar-refractivity contribution in [2.75, 3.05) is 0 Å². The van der Waals surface area contributed by atoms with Crippen LogP contribution in [0.25, 0.3) is 11.3 Å². The number of aryl methyl sites for hydroxylation is 3. The fourth-order valence-corrected chi connectivity index (χ4v) is 2.74. The molecular formula is C16H14N2O. The first-order chi connectivity index (χ1) is 9.19. The lowest BCUT2D eigenvalue weighted by molar-refractivity contribution is 0.912. The molecule has 0 saturated heterocycles. The molecule has 3 nitrogen and oxygen atoms in total. The molecule has 1 aromatic carbocycles. The SMILES string of the molecule is Cc1cc(C#N)c(=O)[nH]c1-c1ccc2c(c1)CCC2. The number of nitriles is 1. The van der Waals surface area contributed by atoms with Gasteiger partial charge in [-0.3, -0.25) is 4.79 Å². The van der Waals surface area contributed by atoms with Gasteiger partial charge in [0.15, 0.2) is 0 Å². The maximum Gasteiger partial charge on any atom is 0.266 e. The molecule has 1 N–H and O–H groups in total. The number of nitrogens with zero attached hydrogens (tertiary/aromatic N) is 1. The van der Waals surface area contributed by atoms with Gasteiger partial charge in [0.2, 0.25) is 0 Å². The highest BCUT2D eigenvalue weighted by Crippen LogP contribution is 2.28. The van der Waals surface area contributed by atoms with Crippen molar-refractivity contribution in [1.82, 2.24) is 4.98 Å². The number of aromatic nitrogens is 1. The van der Waals surface area contributed by atoms with Crippen LogP contribution in [0.15, 0.2) is 29.1 Å². The predicted octanol–water partition coefficient (Wildman–Crippen LogP) is 2.71. The van der Waals surface area contributed by atoms with E-state index in [1.807, 2.05) is 13.0 Å². The first kappa shape index (κ1) is 11.7. The summed E-state index contributed by atoms with van der Waals surface area (Å²) < 4.78 is 0. The fraction of sp³-hybridized carbons (Fsp3) is 0.250. The molecule has 0 fully saturated rings. The summed E-state index contributed by atoms with van der Waals surface area (Å²) in [5, 5.41) is 8.86. The van der Waals surface area contributed by atoms with Crippen molar-refractivity contribution < 1.29 is 0 Å². The highest BCUT2D eigenvalue weighted by Gasteiger charge is 2.13. The van der Waals surface area contributed by atoms with Gasteiger partial charge >= 0.3 is 0 Å². The van der Waals surface area contributed by atoms with Gasteiger partial charge in [-0.2, -0.15) is 5.26 Å². The van der Waals surface area contributed by atoms with E-state index < -0.39 is 0 Å². The van der Waals surface area contributed by atoms with Crippen molar-refractivity contribution in [3.8, 4) is 17.3 Å². The molecule has 1 aromatic heterocycles. The van der Waals surface area contributed by atoms with Gasteiger partial charge in [0, 0.05) is 0 Å². The highest BCUT2D eigenvalue weighted by atomic mass is 16.1. The summed E-state index contributed by atoms with van der Waals surface area (Å²) in [5.74, 6) is 0. The first-order valence-corrected chi connectivity index (χ1v) is 6.45. The molecule has 3 rings (SSSR count). The van der Waals surface area contributed by atoms with Gasteiger partial charge in [0.05, 0.1) is 5.69 Å². The lowest BCUT2D eigenvalue weighted by atomic mass is 10.0. The van der Waals surface area contributed by atoms with Gasteiger partial charge in [-0.05, 0) is 60.6 Å². The Morgan fingerprint density at radius 2 is 2.00 bits per heavy atom. The molecule has 94 valence electrons. The summed E-state index contributed by atoms with van der Waals surface area (Å²) in [6.07, 6.45) is 3.48. The molecule has 19 heavy (non-hydrogen) atoms. The lowest BCUT2D eigenvalue weighted by Gasteiger charge is -2.08. The lowest BCUT2D eigenvalue weighted by Crippen LogP contribution is -2.12. The van der Waals surface area contributed by atoms with Crippen LogP contribution in [0.2, 0.25) is 0 Å². The molecule has 1 heterocycles. The van der Waals surface area contributed by atoms with Crippen molar-refractivity contribution in [2.45, 2.75) is 26.2 Å². The maximum atomic E-state index is 11.8. The number of nitrogens with one attached hydrogen (secondary N) is 1. The Balaban J connectivity index is 2.15. The van der Waals surface area contributed by atoms with E-state index in [1.54, 1.807) is 6.07 Å². The number of hydrogen-bond donors (Lipinski definition) is 1. The van der Waals surface area contributed by atoms with Crippen molar-refractivity contribution in [1.29, 1.82) is 5.26 Å². The Labute approximate surface area is 111 Å². The molecule has 2 aromatic rings. The minimum absolute atomic E-state index is 0.169. The van der Waals surface area contributed by atoms with Crippen LogP contribution in [-0.2, 0) is 12.8 Å². The summed E-state index contributed by atoms with van der Waals surface area (Å²) >= 11 is 0. The van der Waals surface area contributed by atoms with Crippen LogP contribution in [-0.4, -0.2) is 4.98 Å². The van der Waals surface area contributed by atoms with Crippen LogP contribution in [0, 0.1) is 18.3 Å². The van der Waals surface area contributed by atoms with Crippen LogP contribution < -0.4 is 5.56 Å².